The van der Waals surface area contributed by atoms with Crippen LogP contribution in [0.4, 0.5) is 13.2 Å². The van der Waals surface area contributed by atoms with E-state index in [1.54, 1.807) is 5.06 Å². The predicted molar refractivity (Wildman–Crippen MR) is 55.5 cm³/mol. The highest BCUT2D eigenvalue weighted by Crippen LogP contribution is 2.23. The van der Waals surface area contributed by atoms with Crippen molar-refractivity contribution in [3.05, 3.63) is 29.8 Å². The van der Waals surface area contributed by atoms with Crippen molar-refractivity contribution in [2.24, 2.45) is 0 Å². The van der Waals surface area contributed by atoms with Crippen LogP contribution in [0.2, 0.25) is 0 Å². The average molecular weight is 263 g/mol. The maximum absolute atomic E-state index is 11.9. The molecule has 7 heteroatoms. The maximum atomic E-state index is 11.9. The van der Waals surface area contributed by atoms with Gasteiger partial charge in [-0.3, -0.25) is 4.84 Å². The largest absolute Gasteiger partial charge is 0.573 e. The molecule has 0 bridgehead atoms. The van der Waals surface area contributed by atoms with E-state index in [4.69, 9.17) is 4.84 Å². The van der Waals surface area contributed by atoms with E-state index >= 15 is 0 Å². The lowest BCUT2D eigenvalue weighted by Gasteiger charge is -2.14. The van der Waals surface area contributed by atoms with Crippen molar-refractivity contribution in [3.63, 3.8) is 0 Å². The number of nitrogens with zero attached hydrogens (tertiary/aromatic N) is 1. The van der Waals surface area contributed by atoms with Gasteiger partial charge in [-0.15, -0.1) is 13.2 Å². The standard InChI is InChI=1S/C11H12F3NO3/c12-11(13,14)18-10-3-1-8(2-4-10)5-15-6-9(16)7-17-15/h1-4,9,16H,5-7H2/t9-/m0/s1. The van der Waals surface area contributed by atoms with Gasteiger partial charge in [-0.1, -0.05) is 12.1 Å². The number of hydrogen-bond acceptors (Lipinski definition) is 4. The molecule has 0 spiro atoms. The second kappa shape index (κ2) is 5.13. The highest BCUT2D eigenvalue weighted by molar-refractivity contribution is 5.27. The van der Waals surface area contributed by atoms with Crippen molar-refractivity contribution in [2.75, 3.05) is 13.2 Å². The molecule has 0 aromatic heterocycles. The number of hydrogen-bond donors (Lipinski definition) is 1. The lowest BCUT2D eigenvalue weighted by atomic mass is 10.2. The van der Waals surface area contributed by atoms with Gasteiger partial charge in [-0.2, -0.15) is 5.06 Å². The highest BCUT2D eigenvalue weighted by Gasteiger charge is 2.31. The monoisotopic (exact) mass is 263 g/mol. The Labute approximate surface area is 101 Å². The van der Waals surface area contributed by atoms with E-state index in [-0.39, 0.29) is 12.4 Å². The summed E-state index contributed by atoms with van der Waals surface area (Å²) in [5.41, 5.74) is 0.777. The molecule has 1 N–H and O–H groups in total. The lowest BCUT2D eigenvalue weighted by Crippen LogP contribution is -2.20. The molecular weight excluding hydrogens is 251 g/mol. The van der Waals surface area contributed by atoms with Gasteiger partial charge in [-0.25, -0.2) is 0 Å². The van der Waals surface area contributed by atoms with Crippen LogP contribution in [0.3, 0.4) is 0 Å². The molecule has 1 heterocycles. The molecule has 1 saturated heterocycles. The van der Waals surface area contributed by atoms with Crippen LogP contribution in [-0.4, -0.2) is 35.8 Å². The van der Waals surface area contributed by atoms with Gasteiger partial charge in [0.2, 0.25) is 0 Å². The van der Waals surface area contributed by atoms with E-state index in [0.29, 0.717) is 13.1 Å². The number of benzene rings is 1. The van der Waals surface area contributed by atoms with E-state index in [9.17, 15) is 18.3 Å². The number of ether oxygens (including phenoxy) is 1. The molecular formula is C11H12F3NO3. The van der Waals surface area contributed by atoms with E-state index in [0.717, 1.165) is 5.56 Å². The molecule has 2 rings (SSSR count). The number of aliphatic hydroxyl groups excluding tert-OH is 1. The Balaban J connectivity index is 1.91. The first-order chi connectivity index (χ1) is 8.42. The van der Waals surface area contributed by atoms with E-state index < -0.39 is 12.5 Å². The fourth-order valence-electron chi connectivity index (χ4n) is 1.64. The van der Waals surface area contributed by atoms with Crippen LogP contribution < -0.4 is 4.74 Å². The number of β-amino-alcohol motifs (C(OH)–C–C–N with tert-alkyl or cyclic N) is 1. The third kappa shape index (κ3) is 3.86. The Bertz CT molecular complexity index is 394. The summed E-state index contributed by atoms with van der Waals surface area (Å²) in [6.07, 6.45) is -5.19. The third-order valence-electron chi connectivity index (χ3n) is 2.38. The van der Waals surface area contributed by atoms with Gasteiger partial charge in [0.1, 0.15) is 5.75 Å². The number of alkyl halides is 3. The summed E-state index contributed by atoms with van der Waals surface area (Å²) in [6.45, 7) is 1.04. The van der Waals surface area contributed by atoms with Crippen molar-refractivity contribution in [1.82, 2.24) is 5.06 Å². The lowest BCUT2D eigenvalue weighted by molar-refractivity contribution is -0.274. The average Bonchev–Trinajstić information content (AvgIpc) is 2.65. The molecule has 100 valence electrons. The van der Waals surface area contributed by atoms with Crippen LogP contribution in [0.15, 0.2) is 24.3 Å². The Kier molecular flexibility index (Phi) is 3.74. The van der Waals surface area contributed by atoms with E-state index in [1.165, 1.54) is 24.3 Å². The van der Waals surface area contributed by atoms with Crippen LogP contribution in [0, 0.1) is 0 Å². The molecule has 1 aliphatic heterocycles. The summed E-state index contributed by atoms with van der Waals surface area (Å²) < 4.78 is 39.6. The third-order valence-corrected chi connectivity index (χ3v) is 2.38. The zero-order valence-electron chi connectivity index (χ0n) is 9.35. The van der Waals surface area contributed by atoms with Crippen molar-refractivity contribution in [3.8, 4) is 5.75 Å². The van der Waals surface area contributed by atoms with Crippen molar-refractivity contribution >= 4 is 0 Å². The fraction of sp³-hybridized carbons (Fsp3) is 0.455. The molecule has 4 nitrogen and oxygen atoms in total. The summed E-state index contributed by atoms with van der Waals surface area (Å²) in [4.78, 5) is 5.15. The molecule has 1 fully saturated rings. The first-order valence-electron chi connectivity index (χ1n) is 5.33. The van der Waals surface area contributed by atoms with Gasteiger partial charge in [-0.05, 0) is 17.7 Å². The minimum Gasteiger partial charge on any atom is -0.406 e. The second-order valence-electron chi connectivity index (χ2n) is 3.96. The molecule has 0 radical (unpaired) electrons. The minimum atomic E-state index is -4.68. The maximum Gasteiger partial charge on any atom is 0.573 e. The Morgan fingerprint density at radius 3 is 2.50 bits per heavy atom. The van der Waals surface area contributed by atoms with Gasteiger partial charge in [0.15, 0.2) is 0 Å². The summed E-state index contributed by atoms with van der Waals surface area (Å²) in [7, 11) is 0. The Morgan fingerprint density at radius 1 is 1.33 bits per heavy atom. The Morgan fingerprint density at radius 2 is 2.00 bits per heavy atom. The number of halogens is 3. The van der Waals surface area contributed by atoms with Gasteiger partial charge < -0.3 is 9.84 Å². The molecule has 1 aliphatic rings. The summed E-state index contributed by atoms with van der Waals surface area (Å²) in [6, 6.07) is 5.54. The molecule has 1 aromatic rings. The first kappa shape index (κ1) is 13.1. The van der Waals surface area contributed by atoms with Crippen LogP contribution in [-0.2, 0) is 11.4 Å². The SMILES string of the molecule is O[C@@H]1CON(Cc2ccc(OC(F)(F)F)cc2)C1. The summed E-state index contributed by atoms with van der Waals surface area (Å²) in [5.74, 6) is -0.256. The van der Waals surface area contributed by atoms with Gasteiger partial charge in [0.05, 0.1) is 19.3 Å². The molecule has 1 aromatic carbocycles. The van der Waals surface area contributed by atoms with Crippen molar-refractivity contribution in [2.45, 2.75) is 19.0 Å². The number of hydroxylamine groups is 2. The molecule has 0 unspecified atom stereocenters. The predicted octanol–water partition coefficient (Wildman–Crippen LogP) is 1.69. The van der Waals surface area contributed by atoms with Crippen LogP contribution in [0.1, 0.15) is 5.56 Å². The van der Waals surface area contributed by atoms with E-state index in [2.05, 4.69) is 4.74 Å². The normalized spacial score (nSPS) is 21.2. The van der Waals surface area contributed by atoms with Gasteiger partial charge in [0.25, 0.3) is 0 Å². The minimum absolute atomic E-state index is 0.245. The number of aliphatic hydroxyl groups is 1. The highest BCUT2D eigenvalue weighted by atomic mass is 19.4. The van der Waals surface area contributed by atoms with Crippen molar-refractivity contribution < 1.29 is 27.9 Å². The molecule has 0 amide bonds. The van der Waals surface area contributed by atoms with Crippen LogP contribution >= 0.6 is 0 Å². The Hall–Kier alpha value is -1.31. The van der Waals surface area contributed by atoms with E-state index in [1.807, 2.05) is 0 Å². The molecule has 1 atom stereocenters. The fourth-order valence-corrected chi connectivity index (χ4v) is 1.64. The number of rotatable bonds is 3. The molecule has 18 heavy (non-hydrogen) atoms. The van der Waals surface area contributed by atoms with Crippen LogP contribution in [0.5, 0.6) is 5.75 Å². The molecule has 0 saturated carbocycles. The first-order valence-corrected chi connectivity index (χ1v) is 5.33. The quantitative estimate of drug-likeness (QED) is 0.901. The topological polar surface area (TPSA) is 41.9 Å². The smallest absolute Gasteiger partial charge is 0.406 e. The van der Waals surface area contributed by atoms with Gasteiger partial charge >= 0.3 is 6.36 Å². The van der Waals surface area contributed by atoms with Crippen LogP contribution in [0.25, 0.3) is 0 Å². The zero-order valence-corrected chi connectivity index (χ0v) is 9.35. The zero-order chi connectivity index (χ0) is 13.2. The van der Waals surface area contributed by atoms with Crippen molar-refractivity contribution in [1.29, 1.82) is 0 Å². The summed E-state index contributed by atoms with van der Waals surface area (Å²) >= 11 is 0. The van der Waals surface area contributed by atoms with Gasteiger partial charge in [0, 0.05) is 6.54 Å². The summed E-state index contributed by atoms with van der Waals surface area (Å²) in [5, 5.41) is 10.8. The molecule has 0 aliphatic carbocycles. The second-order valence-corrected chi connectivity index (χ2v) is 3.96.